The van der Waals surface area contributed by atoms with E-state index >= 15 is 0 Å². The molecule has 0 aliphatic carbocycles. The number of carbonyl (C=O) groups is 2. The predicted octanol–water partition coefficient (Wildman–Crippen LogP) is 3.88. The minimum Gasteiger partial charge on any atom is -0.295 e. The lowest BCUT2D eigenvalue weighted by Gasteiger charge is -2.14. The first kappa shape index (κ1) is 22.6. The summed E-state index contributed by atoms with van der Waals surface area (Å²) >= 11 is 6.17. The number of rotatable bonds is 4. The maximum atomic E-state index is 14.0. The Morgan fingerprint density at radius 1 is 0.857 bits per heavy atom. The lowest BCUT2D eigenvalue weighted by molar-refractivity contribution is -0.577. The van der Waals surface area contributed by atoms with Gasteiger partial charge in [-0.3, -0.25) is 24.2 Å². The van der Waals surface area contributed by atoms with Crippen LogP contribution >= 0.6 is 11.6 Å². The molecule has 1 N–H and O–H groups in total. The van der Waals surface area contributed by atoms with Gasteiger partial charge < -0.3 is 0 Å². The fraction of sp³-hybridized carbons (Fsp3) is 0.111. The zero-order valence-corrected chi connectivity index (χ0v) is 20.1. The van der Waals surface area contributed by atoms with Gasteiger partial charge in [0.25, 0.3) is 17.2 Å². The topological polar surface area (TPSA) is 79.1 Å². The molecule has 5 rings (SSSR count). The number of halogens is 1. The number of H-pyrrole nitrogens is 1. The SMILES string of the molecule is Cc1cc(C)c[n+](C2=C(c3c(-c4ccccc4)[nH]n(C)c3=O)C(=O)N(c3cccc(Cl)c3)C2=O)c1. The summed E-state index contributed by atoms with van der Waals surface area (Å²) in [6, 6.07) is 17.7. The number of hydrogen-bond acceptors (Lipinski definition) is 3. The Hall–Kier alpha value is -4.23. The zero-order chi connectivity index (χ0) is 24.9. The second-order valence-electron chi connectivity index (χ2n) is 8.54. The minimum atomic E-state index is -0.590. The molecule has 0 radical (unpaired) electrons. The van der Waals surface area contributed by atoms with Gasteiger partial charge in [0.1, 0.15) is 5.57 Å². The van der Waals surface area contributed by atoms with Crippen LogP contribution in [-0.2, 0) is 16.6 Å². The molecule has 2 aromatic carbocycles. The molecule has 0 saturated carbocycles. The van der Waals surface area contributed by atoms with Crippen molar-refractivity contribution in [3.05, 3.63) is 105 Å². The minimum absolute atomic E-state index is 0.0330. The van der Waals surface area contributed by atoms with Crippen molar-refractivity contribution in [3.63, 3.8) is 0 Å². The highest BCUT2D eigenvalue weighted by Gasteiger charge is 2.48. The van der Waals surface area contributed by atoms with Crippen molar-refractivity contribution in [2.24, 2.45) is 7.05 Å². The Morgan fingerprint density at radius 2 is 1.54 bits per heavy atom. The smallest absolute Gasteiger partial charge is 0.295 e. The molecule has 1 aliphatic heterocycles. The first-order chi connectivity index (χ1) is 16.8. The predicted molar refractivity (Wildman–Crippen MR) is 135 cm³/mol. The van der Waals surface area contributed by atoms with Crippen LogP contribution in [0.1, 0.15) is 16.7 Å². The van der Waals surface area contributed by atoms with E-state index in [-0.39, 0.29) is 16.8 Å². The number of hydrogen-bond donors (Lipinski definition) is 1. The molecule has 2 aromatic heterocycles. The maximum absolute atomic E-state index is 14.0. The fourth-order valence-corrected chi connectivity index (χ4v) is 4.65. The Kier molecular flexibility index (Phi) is 5.49. The number of benzene rings is 2. The van der Waals surface area contributed by atoms with E-state index in [1.165, 1.54) is 4.68 Å². The summed E-state index contributed by atoms with van der Waals surface area (Å²) in [6.07, 6.45) is 3.54. The molecule has 7 nitrogen and oxygen atoms in total. The van der Waals surface area contributed by atoms with E-state index in [1.807, 2.05) is 50.2 Å². The number of amides is 2. The number of nitrogens with one attached hydrogen (secondary N) is 1. The summed E-state index contributed by atoms with van der Waals surface area (Å²) in [5, 5.41) is 3.45. The molecule has 1 aliphatic rings. The van der Waals surface area contributed by atoms with Crippen LogP contribution in [-0.4, -0.2) is 21.6 Å². The van der Waals surface area contributed by atoms with Gasteiger partial charge in [0.2, 0.25) is 0 Å². The molecule has 8 heteroatoms. The molecule has 0 fully saturated rings. The number of pyridine rings is 1. The fourth-order valence-electron chi connectivity index (χ4n) is 4.47. The van der Waals surface area contributed by atoms with Crippen LogP contribution in [0.5, 0.6) is 0 Å². The highest BCUT2D eigenvalue weighted by atomic mass is 35.5. The average Bonchev–Trinajstić information content (AvgIpc) is 3.25. The summed E-state index contributed by atoms with van der Waals surface area (Å²) in [4.78, 5) is 42.3. The number of anilines is 1. The molecular formula is C27H22ClN4O3+. The van der Waals surface area contributed by atoms with Crippen LogP contribution < -0.4 is 15.0 Å². The van der Waals surface area contributed by atoms with Crippen LogP contribution in [0.4, 0.5) is 5.69 Å². The van der Waals surface area contributed by atoms with E-state index in [1.54, 1.807) is 48.3 Å². The molecule has 2 amide bonds. The van der Waals surface area contributed by atoms with Crippen molar-refractivity contribution in [1.29, 1.82) is 0 Å². The van der Waals surface area contributed by atoms with Crippen molar-refractivity contribution in [2.75, 3.05) is 4.90 Å². The summed E-state index contributed by atoms with van der Waals surface area (Å²) in [5.74, 6) is -1.13. The van der Waals surface area contributed by atoms with E-state index in [4.69, 9.17) is 11.6 Å². The molecule has 3 heterocycles. The lowest BCUT2D eigenvalue weighted by atomic mass is 10.00. The standard InChI is InChI=1S/C27H21ClN4O3/c1-16-12-17(2)15-31(14-16)24-22(26(34)32(27(24)35)20-11-7-10-19(28)13-20)21-23(29-30(3)25(21)33)18-8-5-4-6-9-18/h4-15H,1-3H3/p+1. The molecule has 0 spiro atoms. The van der Waals surface area contributed by atoms with Gasteiger partial charge in [-0.15, -0.1) is 0 Å². The number of nitrogens with zero attached hydrogens (tertiary/aromatic N) is 3. The van der Waals surface area contributed by atoms with E-state index < -0.39 is 17.4 Å². The Labute approximate surface area is 206 Å². The average molecular weight is 486 g/mol. The largest absolute Gasteiger partial charge is 0.331 e. The molecule has 0 saturated heterocycles. The lowest BCUT2D eigenvalue weighted by Crippen LogP contribution is -2.40. The molecule has 0 unspecified atom stereocenters. The van der Waals surface area contributed by atoms with Gasteiger partial charge in [-0.1, -0.05) is 48.0 Å². The van der Waals surface area contributed by atoms with E-state index in [0.29, 0.717) is 16.4 Å². The third-order valence-electron chi connectivity index (χ3n) is 5.89. The number of aromatic nitrogens is 3. The van der Waals surface area contributed by atoms with Gasteiger partial charge in [0.05, 0.1) is 16.9 Å². The maximum Gasteiger partial charge on any atom is 0.331 e. The van der Waals surface area contributed by atoms with Crippen LogP contribution in [0, 0.1) is 13.8 Å². The van der Waals surface area contributed by atoms with Gasteiger partial charge in [0, 0.05) is 28.8 Å². The molecule has 35 heavy (non-hydrogen) atoms. The van der Waals surface area contributed by atoms with Gasteiger partial charge >= 0.3 is 5.91 Å². The van der Waals surface area contributed by atoms with Crippen LogP contribution in [0.3, 0.4) is 0 Å². The summed E-state index contributed by atoms with van der Waals surface area (Å²) in [6.45, 7) is 3.81. The highest BCUT2D eigenvalue weighted by molar-refractivity contribution is 6.53. The van der Waals surface area contributed by atoms with Crippen molar-refractivity contribution < 1.29 is 14.2 Å². The number of aryl methyl sites for hydroxylation is 3. The normalized spacial score (nSPS) is 13.8. The highest BCUT2D eigenvalue weighted by Crippen LogP contribution is 2.36. The van der Waals surface area contributed by atoms with E-state index in [0.717, 1.165) is 21.6 Å². The van der Waals surface area contributed by atoms with Crippen molar-refractivity contribution in [2.45, 2.75) is 13.8 Å². The van der Waals surface area contributed by atoms with E-state index in [2.05, 4.69) is 5.10 Å². The molecule has 0 bridgehead atoms. The molecule has 4 aromatic rings. The van der Waals surface area contributed by atoms with Gasteiger partial charge in [-0.2, -0.15) is 4.57 Å². The van der Waals surface area contributed by atoms with Crippen LogP contribution in [0.25, 0.3) is 22.5 Å². The first-order valence-corrected chi connectivity index (χ1v) is 11.4. The monoisotopic (exact) mass is 485 g/mol. The molecule has 0 atom stereocenters. The quantitative estimate of drug-likeness (QED) is 0.352. The summed E-state index contributed by atoms with van der Waals surface area (Å²) < 4.78 is 2.94. The Morgan fingerprint density at radius 3 is 2.20 bits per heavy atom. The number of carbonyl (C=O) groups excluding carboxylic acids is 2. The summed E-state index contributed by atoms with van der Waals surface area (Å²) in [7, 11) is 1.58. The summed E-state index contributed by atoms with van der Waals surface area (Å²) in [5.41, 5.74) is 3.20. The third-order valence-corrected chi connectivity index (χ3v) is 6.12. The second-order valence-corrected chi connectivity index (χ2v) is 8.98. The first-order valence-electron chi connectivity index (χ1n) is 11.0. The van der Waals surface area contributed by atoms with Crippen molar-refractivity contribution in [1.82, 2.24) is 9.78 Å². The van der Waals surface area contributed by atoms with Crippen LogP contribution in [0.2, 0.25) is 5.02 Å². The number of imide groups is 1. The van der Waals surface area contributed by atoms with Gasteiger partial charge in [0.15, 0.2) is 12.4 Å². The van der Waals surface area contributed by atoms with E-state index in [9.17, 15) is 14.4 Å². The molecular weight excluding hydrogens is 464 g/mol. The Bertz CT molecular complexity index is 1580. The third kappa shape index (κ3) is 3.80. The van der Waals surface area contributed by atoms with Crippen molar-refractivity contribution >= 4 is 40.4 Å². The van der Waals surface area contributed by atoms with Gasteiger partial charge in [-0.25, -0.2) is 4.90 Å². The van der Waals surface area contributed by atoms with Gasteiger partial charge in [-0.05, 0) is 38.1 Å². The van der Waals surface area contributed by atoms with Crippen LogP contribution in [0.15, 0.2) is 77.9 Å². The zero-order valence-electron chi connectivity index (χ0n) is 19.4. The van der Waals surface area contributed by atoms with Crippen molar-refractivity contribution in [3.8, 4) is 11.3 Å². The Balaban J connectivity index is 1.84. The molecule has 174 valence electrons. The second kappa shape index (κ2) is 8.52. The number of aromatic amines is 1.